The van der Waals surface area contributed by atoms with Crippen molar-refractivity contribution in [1.29, 1.82) is 0 Å². The molecule has 0 N–H and O–H groups in total. The van der Waals surface area contributed by atoms with Crippen molar-refractivity contribution in [2.45, 2.75) is 5.75 Å². The Morgan fingerprint density at radius 3 is 2.20 bits per heavy atom. The van der Waals surface area contributed by atoms with Gasteiger partial charge >= 0.3 is 0 Å². The SMILES string of the molecule is O=C(c1cc[n+]([O-])cc1)N1CCN(S(=O)(=O)Cc2ccccc2)CC1. The number of aromatic nitrogens is 1. The third-order valence-electron chi connectivity index (χ3n) is 4.16. The van der Waals surface area contributed by atoms with Crippen LogP contribution in [0, 0.1) is 5.21 Å². The molecule has 7 nitrogen and oxygen atoms in total. The Morgan fingerprint density at radius 2 is 1.60 bits per heavy atom. The minimum Gasteiger partial charge on any atom is -0.619 e. The van der Waals surface area contributed by atoms with Crippen molar-refractivity contribution in [3.8, 4) is 0 Å². The number of benzene rings is 1. The molecule has 1 saturated heterocycles. The number of pyridine rings is 1. The van der Waals surface area contributed by atoms with Gasteiger partial charge in [-0.2, -0.15) is 9.04 Å². The number of amides is 1. The van der Waals surface area contributed by atoms with Gasteiger partial charge in [0.25, 0.3) is 5.91 Å². The molecule has 132 valence electrons. The van der Waals surface area contributed by atoms with Crippen LogP contribution in [0.5, 0.6) is 0 Å². The molecular weight excluding hydrogens is 342 g/mol. The lowest BCUT2D eigenvalue weighted by Gasteiger charge is -2.34. The van der Waals surface area contributed by atoms with Gasteiger partial charge in [0.1, 0.15) is 0 Å². The lowest BCUT2D eigenvalue weighted by molar-refractivity contribution is -0.605. The van der Waals surface area contributed by atoms with E-state index >= 15 is 0 Å². The number of rotatable bonds is 4. The summed E-state index contributed by atoms with van der Waals surface area (Å²) in [6.45, 7) is 1.21. The summed E-state index contributed by atoms with van der Waals surface area (Å²) in [5, 5.41) is 11.0. The smallest absolute Gasteiger partial charge is 0.254 e. The molecule has 3 rings (SSSR count). The molecule has 1 aromatic heterocycles. The monoisotopic (exact) mass is 361 g/mol. The lowest BCUT2D eigenvalue weighted by Crippen LogP contribution is -2.50. The highest BCUT2D eigenvalue weighted by molar-refractivity contribution is 7.88. The van der Waals surface area contributed by atoms with Gasteiger partial charge in [-0.05, 0) is 5.56 Å². The van der Waals surface area contributed by atoms with E-state index in [1.807, 2.05) is 18.2 Å². The van der Waals surface area contributed by atoms with Crippen LogP contribution in [-0.4, -0.2) is 49.7 Å². The maximum absolute atomic E-state index is 12.5. The summed E-state index contributed by atoms with van der Waals surface area (Å²) in [5.41, 5.74) is 1.17. The van der Waals surface area contributed by atoms with Crippen molar-refractivity contribution in [3.63, 3.8) is 0 Å². The molecule has 2 heterocycles. The average molecular weight is 361 g/mol. The number of carbonyl (C=O) groups excluding carboxylic acids is 1. The Morgan fingerprint density at radius 1 is 1.00 bits per heavy atom. The zero-order valence-electron chi connectivity index (χ0n) is 13.6. The van der Waals surface area contributed by atoms with Crippen molar-refractivity contribution in [2.24, 2.45) is 0 Å². The molecule has 1 amide bonds. The molecule has 0 aliphatic carbocycles. The minimum atomic E-state index is -3.41. The van der Waals surface area contributed by atoms with E-state index in [0.29, 0.717) is 23.4 Å². The van der Waals surface area contributed by atoms with Crippen LogP contribution in [0.2, 0.25) is 0 Å². The first kappa shape index (κ1) is 17.4. The maximum Gasteiger partial charge on any atom is 0.254 e. The lowest BCUT2D eigenvalue weighted by atomic mass is 10.2. The molecule has 1 aliphatic rings. The third kappa shape index (κ3) is 4.15. The Bertz CT molecular complexity index is 830. The van der Waals surface area contributed by atoms with Crippen molar-refractivity contribution >= 4 is 15.9 Å². The molecule has 1 aromatic carbocycles. The van der Waals surface area contributed by atoms with Crippen LogP contribution >= 0.6 is 0 Å². The van der Waals surface area contributed by atoms with E-state index in [0.717, 1.165) is 5.56 Å². The largest absolute Gasteiger partial charge is 0.619 e. The standard InChI is InChI=1S/C17H19N3O4S/c21-17(16-6-8-19(22)9-7-16)18-10-12-20(13-11-18)25(23,24)14-15-4-2-1-3-5-15/h1-9H,10-14H2. The van der Waals surface area contributed by atoms with E-state index in [9.17, 15) is 18.4 Å². The Labute approximate surface area is 146 Å². The minimum absolute atomic E-state index is 0.0377. The Hall–Kier alpha value is -2.45. The maximum atomic E-state index is 12.5. The van der Waals surface area contributed by atoms with Gasteiger partial charge in [-0.1, -0.05) is 30.3 Å². The van der Waals surface area contributed by atoms with Crippen LogP contribution in [0.3, 0.4) is 0 Å². The van der Waals surface area contributed by atoms with Crippen LogP contribution in [0.25, 0.3) is 0 Å². The van der Waals surface area contributed by atoms with Crippen molar-refractivity contribution < 1.29 is 17.9 Å². The summed E-state index contributed by atoms with van der Waals surface area (Å²) in [6, 6.07) is 12.0. The summed E-state index contributed by atoms with van der Waals surface area (Å²) < 4.78 is 27.1. The van der Waals surface area contributed by atoms with Crippen LogP contribution in [0.15, 0.2) is 54.9 Å². The molecule has 1 aliphatic heterocycles. The van der Waals surface area contributed by atoms with E-state index < -0.39 is 10.0 Å². The van der Waals surface area contributed by atoms with E-state index in [1.165, 1.54) is 28.8 Å². The van der Waals surface area contributed by atoms with Crippen molar-refractivity contribution in [2.75, 3.05) is 26.2 Å². The Balaban J connectivity index is 1.61. The summed E-state index contributed by atoms with van der Waals surface area (Å²) >= 11 is 0. The molecule has 25 heavy (non-hydrogen) atoms. The van der Waals surface area contributed by atoms with Gasteiger partial charge < -0.3 is 10.1 Å². The zero-order chi connectivity index (χ0) is 17.9. The molecule has 0 saturated carbocycles. The third-order valence-corrected chi connectivity index (χ3v) is 6.01. The summed E-state index contributed by atoms with van der Waals surface area (Å²) in [5.74, 6) is -0.232. The first-order chi connectivity index (χ1) is 12.0. The summed E-state index contributed by atoms with van der Waals surface area (Å²) in [4.78, 5) is 14.0. The number of hydrogen-bond donors (Lipinski definition) is 0. The molecule has 2 aromatic rings. The second kappa shape index (κ2) is 7.20. The van der Waals surface area contributed by atoms with Gasteiger partial charge in [0.05, 0.1) is 11.3 Å². The Kier molecular flexibility index (Phi) is 5.00. The first-order valence-electron chi connectivity index (χ1n) is 7.95. The van der Waals surface area contributed by atoms with Crippen LogP contribution in [0.1, 0.15) is 15.9 Å². The second-order valence-corrected chi connectivity index (χ2v) is 7.85. The van der Waals surface area contributed by atoms with Gasteiger partial charge in [0.15, 0.2) is 12.4 Å². The van der Waals surface area contributed by atoms with Crippen molar-refractivity contribution in [1.82, 2.24) is 9.21 Å². The summed E-state index contributed by atoms with van der Waals surface area (Å²) in [6.07, 6.45) is 2.54. The number of hydrogen-bond acceptors (Lipinski definition) is 4. The van der Waals surface area contributed by atoms with E-state index in [1.54, 1.807) is 17.0 Å². The highest BCUT2D eigenvalue weighted by atomic mass is 32.2. The molecule has 0 atom stereocenters. The predicted octanol–water partition coefficient (Wildman–Crippen LogP) is 0.608. The molecular formula is C17H19N3O4S. The number of carbonyl (C=O) groups is 1. The molecule has 1 fully saturated rings. The van der Waals surface area contributed by atoms with Crippen LogP contribution in [0.4, 0.5) is 0 Å². The van der Waals surface area contributed by atoms with Gasteiger partial charge in [0.2, 0.25) is 10.0 Å². The van der Waals surface area contributed by atoms with Gasteiger partial charge in [-0.25, -0.2) is 8.42 Å². The van der Waals surface area contributed by atoms with E-state index in [4.69, 9.17) is 0 Å². The highest BCUT2D eigenvalue weighted by Gasteiger charge is 2.29. The van der Waals surface area contributed by atoms with Crippen molar-refractivity contribution in [3.05, 3.63) is 71.2 Å². The van der Waals surface area contributed by atoms with Gasteiger partial charge in [0, 0.05) is 38.3 Å². The quantitative estimate of drug-likeness (QED) is 0.590. The first-order valence-corrected chi connectivity index (χ1v) is 9.56. The predicted molar refractivity (Wildman–Crippen MR) is 91.9 cm³/mol. The average Bonchev–Trinajstić information content (AvgIpc) is 2.62. The normalized spacial score (nSPS) is 15.9. The fourth-order valence-electron chi connectivity index (χ4n) is 2.78. The van der Waals surface area contributed by atoms with Gasteiger partial charge in [-0.3, -0.25) is 4.79 Å². The topological polar surface area (TPSA) is 84.6 Å². The molecule has 0 spiro atoms. The number of piperazine rings is 1. The molecule has 0 radical (unpaired) electrons. The van der Waals surface area contributed by atoms with Crippen LogP contribution < -0.4 is 4.73 Å². The molecule has 8 heteroatoms. The fraction of sp³-hybridized carbons (Fsp3) is 0.294. The van der Waals surface area contributed by atoms with Gasteiger partial charge in [-0.15, -0.1) is 0 Å². The number of nitrogens with zero attached hydrogens (tertiary/aromatic N) is 3. The molecule has 0 bridgehead atoms. The highest BCUT2D eigenvalue weighted by Crippen LogP contribution is 2.15. The fourth-order valence-corrected chi connectivity index (χ4v) is 4.30. The van der Waals surface area contributed by atoms with E-state index in [2.05, 4.69) is 0 Å². The second-order valence-electron chi connectivity index (χ2n) is 5.88. The molecule has 0 unspecified atom stereocenters. The van der Waals surface area contributed by atoms with Crippen LogP contribution in [-0.2, 0) is 15.8 Å². The summed E-state index contributed by atoms with van der Waals surface area (Å²) in [7, 11) is -3.41. The number of sulfonamides is 1. The van der Waals surface area contributed by atoms with E-state index in [-0.39, 0.29) is 24.7 Å². The zero-order valence-corrected chi connectivity index (χ0v) is 14.4.